The van der Waals surface area contributed by atoms with Crippen LogP contribution < -0.4 is 10.5 Å². The molecule has 0 atom stereocenters. The fourth-order valence-corrected chi connectivity index (χ4v) is 4.20. The van der Waals surface area contributed by atoms with E-state index >= 15 is 0 Å². The summed E-state index contributed by atoms with van der Waals surface area (Å²) in [6.45, 7) is 1.98. The number of aryl methyl sites for hydroxylation is 1. The second kappa shape index (κ2) is 10.3. The monoisotopic (exact) mass is 509 g/mol. The van der Waals surface area contributed by atoms with E-state index in [4.69, 9.17) is 10.5 Å². The third-order valence-electron chi connectivity index (χ3n) is 5.79. The normalized spacial score (nSPS) is 11.8. The van der Waals surface area contributed by atoms with Gasteiger partial charge >= 0.3 is 6.18 Å². The average molecular weight is 509 g/mol. The Balaban J connectivity index is 1.96. The van der Waals surface area contributed by atoms with Gasteiger partial charge in [0.15, 0.2) is 0 Å². The standard InChI is InChI=1S/C29H23F4NO3/c1-2-3-19-14-20-15-22(35)10-12-24(20)28(27(19)18-4-8-21(30)9-5-18)37-23-11-6-17(7-13-26(34)36)25(16-23)29(31,32)33/h4-16,35H,2-3H2,1H3,(H2,34,36). The molecule has 0 unspecified atom stereocenters. The van der Waals surface area contributed by atoms with Gasteiger partial charge < -0.3 is 15.6 Å². The first-order valence-electron chi connectivity index (χ1n) is 11.5. The molecule has 1 amide bonds. The molecule has 0 radical (unpaired) electrons. The number of phenolic OH excluding ortho intramolecular Hbond substituents is 1. The summed E-state index contributed by atoms with van der Waals surface area (Å²) in [6, 6.07) is 15.7. The van der Waals surface area contributed by atoms with Gasteiger partial charge in [-0.15, -0.1) is 0 Å². The molecule has 190 valence electrons. The van der Waals surface area contributed by atoms with E-state index in [0.717, 1.165) is 30.2 Å². The molecule has 0 fully saturated rings. The number of halogens is 4. The Morgan fingerprint density at radius 1 is 1.03 bits per heavy atom. The third kappa shape index (κ3) is 5.74. The molecule has 0 aliphatic carbocycles. The van der Waals surface area contributed by atoms with Gasteiger partial charge in [0.05, 0.1) is 5.56 Å². The van der Waals surface area contributed by atoms with Gasteiger partial charge in [-0.2, -0.15) is 13.2 Å². The highest BCUT2D eigenvalue weighted by Gasteiger charge is 2.33. The van der Waals surface area contributed by atoms with Crippen LogP contribution in [-0.4, -0.2) is 11.0 Å². The van der Waals surface area contributed by atoms with Crippen molar-refractivity contribution in [1.82, 2.24) is 0 Å². The summed E-state index contributed by atoms with van der Waals surface area (Å²) >= 11 is 0. The molecule has 0 heterocycles. The number of primary amides is 1. The Bertz CT molecular complexity index is 1490. The maximum atomic E-state index is 13.9. The third-order valence-corrected chi connectivity index (χ3v) is 5.79. The highest BCUT2D eigenvalue weighted by Crippen LogP contribution is 2.44. The van der Waals surface area contributed by atoms with Crippen molar-refractivity contribution in [3.8, 4) is 28.4 Å². The Labute approximate surface area is 210 Å². The summed E-state index contributed by atoms with van der Waals surface area (Å²) in [5, 5.41) is 11.2. The number of hydrogen-bond acceptors (Lipinski definition) is 3. The lowest BCUT2D eigenvalue weighted by molar-refractivity contribution is -0.137. The molecular formula is C29H23F4NO3. The van der Waals surface area contributed by atoms with Gasteiger partial charge in [-0.3, -0.25) is 4.79 Å². The fraction of sp³-hybridized carbons (Fsp3) is 0.138. The fourth-order valence-electron chi connectivity index (χ4n) is 4.20. The van der Waals surface area contributed by atoms with Gasteiger partial charge in [-0.1, -0.05) is 37.6 Å². The molecule has 4 aromatic rings. The number of aromatic hydroxyl groups is 1. The molecule has 8 heteroatoms. The SMILES string of the molecule is CCCc1cc2cc(O)ccc2c(Oc2ccc(C=CC(N)=O)c(C(F)(F)F)c2)c1-c1ccc(F)cc1. The average Bonchev–Trinajstić information content (AvgIpc) is 2.83. The van der Waals surface area contributed by atoms with Crippen molar-refractivity contribution in [2.45, 2.75) is 25.9 Å². The number of carbonyl (C=O) groups is 1. The van der Waals surface area contributed by atoms with Crippen molar-refractivity contribution in [2.75, 3.05) is 0 Å². The van der Waals surface area contributed by atoms with Crippen molar-refractivity contribution in [3.05, 3.63) is 95.3 Å². The first-order valence-corrected chi connectivity index (χ1v) is 11.5. The minimum atomic E-state index is -4.73. The molecule has 3 N–H and O–H groups in total. The predicted octanol–water partition coefficient (Wildman–Crippen LogP) is 7.61. The van der Waals surface area contributed by atoms with Crippen LogP contribution in [0.2, 0.25) is 0 Å². The predicted molar refractivity (Wildman–Crippen MR) is 135 cm³/mol. The molecule has 0 bridgehead atoms. The van der Waals surface area contributed by atoms with E-state index in [2.05, 4.69) is 0 Å². The smallest absolute Gasteiger partial charge is 0.417 e. The Morgan fingerprint density at radius 2 is 1.76 bits per heavy atom. The van der Waals surface area contributed by atoms with E-state index in [1.165, 1.54) is 30.3 Å². The summed E-state index contributed by atoms with van der Waals surface area (Å²) < 4.78 is 61.5. The molecule has 0 aliphatic heterocycles. The molecular weight excluding hydrogens is 486 g/mol. The number of amides is 1. The first-order chi connectivity index (χ1) is 17.6. The lowest BCUT2D eigenvalue weighted by Gasteiger charge is -2.20. The largest absolute Gasteiger partial charge is 0.508 e. The van der Waals surface area contributed by atoms with Crippen molar-refractivity contribution >= 4 is 22.8 Å². The second-order valence-corrected chi connectivity index (χ2v) is 8.49. The van der Waals surface area contributed by atoms with E-state index < -0.39 is 23.5 Å². The number of phenols is 1. The number of benzene rings is 4. The summed E-state index contributed by atoms with van der Waals surface area (Å²) in [6.07, 6.45) is -1.50. The number of rotatable bonds is 7. The van der Waals surface area contributed by atoms with Crippen molar-refractivity contribution < 1.29 is 32.2 Å². The minimum Gasteiger partial charge on any atom is -0.508 e. The Hall–Kier alpha value is -4.33. The zero-order valence-electron chi connectivity index (χ0n) is 19.8. The molecule has 0 saturated carbocycles. The van der Waals surface area contributed by atoms with Crippen LogP contribution in [0.4, 0.5) is 17.6 Å². The number of carbonyl (C=O) groups excluding carboxylic acids is 1. The van der Waals surface area contributed by atoms with Gasteiger partial charge in [0.2, 0.25) is 5.91 Å². The first kappa shape index (κ1) is 25.8. The van der Waals surface area contributed by atoms with E-state index in [-0.39, 0.29) is 22.8 Å². The van der Waals surface area contributed by atoms with Crippen LogP contribution in [0.1, 0.15) is 30.0 Å². The van der Waals surface area contributed by atoms with Crippen molar-refractivity contribution in [3.63, 3.8) is 0 Å². The highest BCUT2D eigenvalue weighted by molar-refractivity contribution is 5.98. The molecule has 4 nitrogen and oxygen atoms in total. The molecule has 0 aliphatic rings. The zero-order valence-corrected chi connectivity index (χ0v) is 19.8. The molecule has 4 rings (SSSR count). The van der Waals surface area contributed by atoms with Crippen LogP contribution in [0, 0.1) is 5.82 Å². The Kier molecular flexibility index (Phi) is 7.20. The number of fused-ring (bicyclic) bond motifs is 1. The maximum absolute atomic E-state index is 13.9. The topological polar surface area (TPSA) is 72.6 Å². The highest BCUT2D eigenvalue weighted by atomic mass is 19.4. The lowest BCUT2D eigenvalue weighted by Crippen LogP contribution is -2.09. The van der Waals surface area contributed by atoms with Gasteiger partial charge in [0.1, 0.15) is 23.1 Å². The van der Waals surface area contributed by atoms with Crippen LogP contribution in [-0.2, 0) is 17.4 Å². The van der Waals surface area contributed by atoms with E-state index in [1.54, 1.807) is 24.3 Å². The molecule has 4 aromatic carbocycles. The quantitative estimate of drug-likeness (QED) is 0.199. The molecule has 0 aromatic heterocycles. The van der Waals surface area contributed by atoms with Gasteiger partial charge in [-0.25, -0.2) is 4.39 Å². The van der Waals surface area contributed by atoms with E-state index in [9.17, 15) is 27.5 Å². The van der Waals surface area contributed by atoms with Crippen molar-refractivity contribution in [1.29, 1.82) is 0 Å². The van der Waals surface area contributed by atoms with Crippen molar-refractivity contribution in [2.24, 2.45) is 5.73 Å². The molecule has 0 saturated heterocycles. The van der Waals surface area contributed by atoms with Crippen LogP contribution in [0.5, 0.6) is 17.2 Å². The number of nitrogens with two attached hydrogens (primary N) is 1. The van der Waals surface area contributed by atoms with E-state index in [1.807, 2.05) is 13.0 Å². The molecule has 0 spiro atoms. The minimum absolute atomic E-state index is 0.0281. The number of alkyl halides is 3. The van der Waals surface area contributed by atoms with Gasteiger partial charge in [0, 0.05) is 17.0 Å². The van der Waals surface area contributed by atoms with Crippen LogP contribution in [0.15, 0.2) is 72.8 Å². The Morgan fingerprint density at radius 3 is 2.41 bits per heavy atom. The summed E-state index contributed by atoms with van der Waals surface area (Å²) in [5.41, 5.74) is 5.88. The second-order valence-electron chi connectivity index (χ2n) is 8.49. The lowest BCUT2D eigenvalue weighted by atomic mass is 9.91. The summed E-state index contributed by atoms with van der Waals surface area (Å²) in [5.74, 6) is -1.08. The summed E-state index contributed by atoms with van der Waals surface area (Å²) in [7, 11) is 0. The van der Waals surface area contributed by atoms with Crippen LogP contribution in [0.25, 0.3) is 28.0 Å². The maximum Gasteiger partial charge on any atom is 0.417 e. The summed E-state index contributed by atoms with van der Waals surface area (Å²) in [4.78, 5) is 11.1. The van der Waals surface area contributed by atoms with Gasteiger partial charge in [-0.05, 0) is 77.0 Å². The number of hydrogen-bond donors (Lipinski definition) is 2. The molecule has 37 heavy (non-hydrogen) atoms. The number of ether oxygens (including phenoxy) is 1. The van der Waals surface area contributed by atoms with Gasteiger partial charge in [0.25, 0.3) is 0 Å². The zero-order chi connectivity index (χ0) is 26.7. The van der Waals surface area contributed by atoms with Crippen LogP contribution in [0.3, 0.4) is 0 Å². The van der Waals surface area contributed by atoms with E-state index in [0.29, 0.717) is 28.3 Å². The van der Waals surface area contributed by atoms with Crippen LogP contribution >= 0.6 is 0 Å².